The van der Waals surface area contributed by atoms with Crippen molar-refractivity contribution in [1.29, 1.82) is 0 Å². The molecule has 1 aromatic carbocycles. The van der Waals surface area contributed by atoms with Gasteiger partial charge in [-0.05, 0) is 56.2 Å². The maximum atomic E-state index is 12.8. The number of allylic oxidation sites excluding steroid dienone is 2. The van der Waals surface area contributed by atoms with Crippen molar-refractivity contribution in [3.05, 3.63) is 41.5 Å². The Morgan fingerprint density at radius 1 is 1.10 bits per heavy atom. The van der Waals surface area contributed by atoms with Crippen LogP contribution in [0.2, 0.25) is 0 Å². The first-order valence-corrected chi connectivity index (χ1v) is 11.1. The fraction of sp³-hybridized carbons (Fsp3) is 0.625. The molecule has 0 spiro atoms. The summed E-state index contributed by atoms with van der Waals surface area (Å²) in [6.07, 6.45) is 7.26. The highest BCUT2D eigenvalue weighted by atomic mass is 16.3. The minimum atomic E-state index is -0.188. The smallest absolute Gasteiger partial charge is 0.318 e. The molecule has 1 heterocycles. The largest absolute Gasteiger partial charge is 0.394 e. The number of hydrogen-bond donors (Lipinski definition) is 3. The summed E-state index contributed by atoms with van der Waals surface area (Å²) in [5, 5.41) is 16.5. The third-order valence-electron chi connectivity index (χ3n) is 6.07. The highest BCUT2D eigenvalue weighted by Gasteiger charge is 2.51. The summed E-state index contributed by atoms with van der Waals surface area (Å²) >= 11 is 0. The normalized spacial score (nSPS) is 24.4. The van der Waals surface area contributed by atoms with Gasteiger partial charge in [-0.1, -0.05) is 44.2 Å². The summed E-state index contributed by atoms with van der Waals surface area (Å²) in [6, 6.07) is 8.99. The van der Waals surface area contributed by atoms with E-state index in [1.165, 1.54) is 36.0 Å². The van der Waals surface area contributed by atoms with Crippen LogP contribution in [0.15, 0.2) is 30.3 Å². The molecule has 1 fully saturated rings. The van der Waals surface area contributed by atoms with Crippen LogP contribution in [0.25, 0.3) is 5.57 Å². The van der Waals surface area contributed by atoms with Crippen LogP contribution in [0, 0.1) is 0 Å². The molecule has 160 valence electrons. The maximum Gasteiger partial charge on any atom is 0.318 e. The molecule has 0 saturated carbocycles. The Morgan fingerprint density at radius 3 is 2.38 bits per heavy atom. The van der Waals surface area contributed by atoms with Gasteiger partial charge in [0.2, 0.25) is 0 Å². The van der Waals surface area contributed by atoms with E-state index in [1.807, 2.05) is 18.7 Å². The number of nitrogens with zero attached hydrogens (tertiary/aromatic N) is 1. The topological polar surface area (TPSA) is 64.6 Å². The fourth-order valence-electron chi connectivity index (χ4n) is 4.62. The molecule has 3 atom stereocenters. The Labute approximate surface area is 175 Å². The number of rotatable bonds is 7. The highest BCUT2D eigenvalue weighted by Crippen LogP contribution is 2.41. The van der Waals surface area contributed by atoms with Gasteiger partial charge in [0.25, 0.3) is 0 Å². The molecule has 5 heteroatoms. The molecule has 0 radical (unpaired) electrons. The molecule has 3 N–H and O–H groups in total. The number of carbonyl (C=O) groups is 1. The number of carbonyl (C=O) groups excluding carboxylic acids is 1. The number of urea groups is 1. The zero-order valence-electron chi connectivity index (χ0n) is 18.3. The lowest BCUT2D eigenvalue weighted by atomic mass is 9.75. The van der Waals surface area contributed by atoms with Gasteiger partial charge in [0.15, 0.2) is 0 Å². The second-order valence-electron chi connectivity index (χ2n) is 9.01. The van der Waals surface area contributed by atoms with Crippen LogP contribution < -0.4 is 10.6 Å². The summed E-state index contributed by atoms with van der Waals surface area (Å²) in [4.78, 5) is 14.6. The molecular weight excluding hydrogens is 362 g/mol. The Bertz CT molecular complexity index is 711. The van der Waals surface area contributed by atoms with Crippen LogP contribution in [0.4, 0.5) is 4.79 Å². The predicted molar refractivity (Wildman–Crippen MR) is 119 cm³/mol. The number of aliphatic hydroxyl groups excluding tert-OH is 1. The zero-order chi connectivity index (χ0) is 21.0. The number of amides is 2. The maximum absolute atomic E-state index is 12.8. The number of likely N-dealkylation sites (tertiary alicyclic amines) is 1. The molecule has 1 saturated heterocycles. The molecule has 2 amide bonds. The lowest BCUT2D eigenvalue weighted by Gasteiger charge is -2.55. The van der Waals surface area contributed by atoms with Gasteiger partial charge in [-0.3, -0.25) is 0 Å². The molecule has 2 aliphatic rings. The molecule has 5 nitrogen and oxygen atoms in total. The van der Waals surface area contributed by atoms with Crippen molar-refractivity contribution in [2.75, 3.05) is 13.2 Å². The van der Waals surface area contributed by atoms with E-state index in [4.69, 9.17) is 0 Å². The van der Waals surface area contributed by atoms with Gasteiger partial charge in [0.05, 0.1) is 18.7 Å². The Morgan fingerprint density at radius 2 is 1.83 bits per heavy atom. The predicted octanol–water partition coefficient (Wildman–Crippen LogP) is 3.89. The number of benzene rings is 1. The van der Waals surface area contributed by atoms with Crippen LogP contribution in [0.1, 0.15) is 70.4 Å². The minimum Gasteiger partial charge on any atom is -0.394 e. The average Bonchev–Trinajstić information content (AvgIpc) is 2.68. The Hall–Kier alpha value is -1.85. The summed E-state index contributed by atoms with van der Waals surface area (Å²) in [7, 11) is 0. The SMILES string of the molecule is CC(C)NC[C@H]1[C@H](c2ccc(C3=CCCCC3)cc2)[C@@H](CO)N1C(=O)NC(C)C. The summed E-state index contributed by atoms with van der Waals surface area (Å²) in [5.74, 6) is 0.138. The monoisotopic (exact) mass is 399 g/mol. The van der Waals surface area contributed by atoms with Crippen LogP contribution >= 0.6 is 0 Å². The van der Waals surface area contributed by atoms with Gasteiger partial charge in [-0.25, -0.2) is 4.79 Å². The molecule has 0 bridgehead atoms. The zero-order valence-corrected chi connectivity index (χ0v) is 18.3. The third kappa shape index (κ3) is 5.01. The molecule has 1 aliphatic carbocycles. The van der Waals surface area contributed by atoms with Crippen molar-refractivity contribution in [3.8, 4) is 0 Å². The fourth-order valence-corrected chi connectivity index (χ4v) is 4.62. The highest BCUT2D eigenvalue weighted by molar-refractivity contribution is 5.77. The van der Waals surface area contributed by atoms with E-state index in [1.54, 1.807) is 0 Å². The first-order chi connectivity index (χ1) is 13.9. The summed E-state index contributed by atoms with van der Waals surface area (Å²) in [5.41, 5.74) is 3.96. The molecule has 3 rings (SSSR count). The summed E-state index contributed by atoms with van der Waals surface area (Å²) in [6.45, 7) is 8.84. The molecular formula is C24H37N3O2. The number of aliphatic hydroxyl groups is 1. The minimum absolute atomic E-state index is 0.0265. The molecule has 0 unspecified atom stereocenters. The summed E-state index contributed by atoms with van der Waals surface area (Å²) < 4.78 is 0. The van der Waals surface area contributed by atoms with E-state index in [0.717, 1.165) is 13.0 Å². The van der Waals surface area contributed by atoms with Crippen molar-refractivity contribution in [1.82, 2.24) is 15.5 Å². The van der Waals surface area contributed by atoms with Crippen molar-refractivity contribution in [2.24, 2.45) is 0 Å². The average molecular weight is 400 g/mol. The number of hydrogen-bond acceptors (Lipinski definition) is 3. The van der Waals surface area contributed by atoms with Gasteiger partial charge in [0.1, 0.15) is 0 Å². The van der Waals surface area contributed by atoms with E-state index in [2.05, 4.69) is 54.8 Å². The van der Waals surface area contributed by atoms with Crippen LogP contribution in [-0.2, 0) is 0 Å². The first kappa shape index (κ1) is 21.8. The van der Waals surface area contributed by atoms with Crippen molar-refractivity contribution >= 4 is 11.6 Å². The van der Waals surface area contributed by atoms with Crippen molar-refractivity contribution in [2.45, 2.75) is 83.5 Å². The van der Waals surface area contributed by atoms with Crippen molar-refractivity contribution in [3.63, 3.8) is 0 Å². The van der Waals surface area contributed by atoms with Gasteiger partial charge >= 0.3 is 6.03 Å². The Kier molecular flexibility index (Phi) is 7.36. The van der Waals surface area contributed by atoms with Gasteiger partial charge in [0, 0.05) is 24.5 Å². The van der Waals surface area contributed by atoms with Crippen LogP contribution in [-0.4, -0.2) is 53.4 Å². The standard InChI is InChI=1S/C24H37N3O2/c1-16(2)25-14-21-23(22(15-28)27(21)24(29)26-17(3)4)20-12-10-19(11-13-20)18-8-6-5-7-9-18/h8,10-13,16-17,21-23,25,28H,5-7,9,14-15H2,1-4H3,(H,26,29)/t21-,22+,23-/m0/s1. The van der Waals surface area contributed by atoms with E-state index in [9.17, 15) is 9.90 Å². The first-order valence-electron chi connectivity index (χ1n) is 11.1. The molecule has 1 aromatic rings. The van der Waals surface area contributed by atoms with Gasteiger partial charge in [-0.2, -0.15) is 0 Å². The molecule has 29 heavy (non-hydrogen) atoms. The van der Waals surface area contributed by atoms with Crippen molar-refractivity contribution < 1.29 is 9.90 Å². The second kappa shape index (κ2) is 9.77. The lowest BCUT2D eigenvalue weighted by Crippen LogP contribution is -2.70. The Balaban J connectivity index is 1.80. The molecule has 1 aliphatic heterocycles. The van der Waals surface area contributed by atoms with Gasteiger partial charge in [-0.15, -0.1) is 0 Å². The van der Waals surface area contributed by atoms with E-state index in [-0.39, 0.29) is 36.7 Å². The van der Waals surface area contributed by atoms with E-state index in [0.29, 0.717) is 6.04 Å². The lowest BCUT2D eigenvalue weighted by molar-refractivity contribution is -0.00860. The van der Waals surface area contributed by atoms with Crippen LogP contribution in [0.5, 0.6) is 0 Å². The van der Waals surface area contributed by atoms with E-state index < -0.39 is 0 Å². The van der Waals surface area contributed by atoms with Gasteiger partial charge < -0.3 is 20.6 Å². The third-order valence-corrected chi connectivity index (χ3v) is 6.07. The quantitative estimate of drug-likeness (QED) is 0.652. The second-order valence-corrected chi connectivity index (χ2v) is 9.01. The molecule has 0 aromatic heterocycles. The number of nitrogens with one attached hydrogen (secondary N) is 2. The van der Waals surface area contributed by atoms with Crippen LogP contribution in [0.3, 0.4) is 0 Å². The van der Waals surface area contributed by atoms with E-state index >= 15 is 0 Å².